The first-order valence-electron chi connectivity index (χ1n) is 7.43. The molecule has 0 spiro atoms. The van der Waals surface area contributed by atoms with Crippen LogP contribution < -0.4 is 0 Å². The summed E-state index contributed by atoms with van der Waals surface area (Å²) in [4.78, 5) is 23.7. The molecule has 0 amide bonds. The fourth-order valence-electron chi connectivity index (χ4n) is 2.19. The number of carbonyl (C=O) groups is 2. The van der Waals surface area contributed by atoms with E-state index in [4.69, 9.17) is 32.7 Å². The first-order chi connectivity index (χ1) is 10.1. The number of Topliss-reactive ketones (excluding diaryl/α,β-unsaturated/α-hetero) is 1. The smallest absolute Gasteiger partial charge is 0.313 e. The monoisotopic (exact) mass is 340 g/mol. The highest BCUT2D eigenvalue weighted by Gasteiger charge is 2.29. The molecule has 0 rings (SSSR count). The van der Waals surface area contributed by atoms with E-state index in [1.54, 1.807) is 6.92 Å². The molecule has 6 heteroatoms. The highest BCUT2D eigenvalue weighted by molar-refractivity contribution is 6.18. The quantitative estimate of drug-likeness (QED) is 0.222. The molecule has 0 aromatic heterocycles. The van der Waals surface area contributed by atoms with E-state index in [0.717, 1.165) is 25.7 Å². The largest absolute Gasteiger partial charge is 0.466 e. The van der Waals surface area contributed by atoms with Crippen molar-refractivity contribution in [2.45, 2.75) is 51.6 Å². The summed E-state index contributed by atoms with van der Waals surface area (Å²) in [5.74, 6) is -0.101. The number of methoxy groups -OCH3 is 1. The van der Waals surface area contributed by atoms with E-state index >= 15 is 0 Å². The highest BCUT2D eigenvalue weighted by Crippen LogP contribution is 2.21. The lowest BCUT2D eigenvalue weighted by Crippen LogP contribution is -2.33. The van der Waals surface area contributed by atoms with Crippen LogP contribution in [0.4, 0.5) is 0 Å². The van der Waals surface area contributed by atoms with Gasteiger partial charge in [0, 0.05) is 24.8 Å². The summed E-state index contributed by atoms with van der Waals surface area (Å²) in [6.45, 7) is 1.99. The minimum absolute atomic E-state index is 0.154. The molecule has 0 unspecified atom stereocenters. The standard InChI is InChI=1S/C15H26Cl2O4/c1-3-21-15(19)10-13(18)12(14(11-17)20-2)8-6-4-5-7-9-16/h12,14H,3-11H2,1-2H3/t12-,14-/m1/s1. The first kappa shape index (κ1) is 20.7. The Balaban J connectivity index is 4.43. The van der Waals surface area contributed by atoms with Crippen LogP contribution in [0.25, 0.3) is 0 Å². The van der Waals surface area contributed by atoms with Gasteiger partial charge in [-0.3, -0.25) is 9.59 Å². The van der Waals surface area contributed by atoms with Crippen LogP contribution in [0.5, 0.6) is 0 Å². The summed E-state index contributed by atoms with van der Waals surface area (Å²) in [6.07, 6.45) is 4.03. The van der Waals surface area contributed by atoms with Crippen LogP contribution in [0.2, 0.25) is 0 Å². The zero-order valence-corrected chi connectivity index (χ0v) is 14.4. The van der Waals surface area contributed by atoms with Crippen molar-refractivity contribution in [2.24, 2.45) is 5.92 Å². The van der Waals surface area contributed by atoms with E-state index in [-0.39, 0.29) is 36.7 Å². The number of hydrogen-bond acceptors (Lipinski definition) is 4. The molecule has 0 aliphatic rings. The van der Waals surface area contributed by atoms with Crippen LogP contribution in [-0.2, 0) is 19.1 Å². The van der Waals surface area contributed by atoms with Crippen molar-refractivity contribution in [3.63, 3.8) is 0 Å². The number of ether oxygens (including phenoxy) is 2. The van der Waals surface area contributed by atoms with Crippen molar-refractivity contribution in [1.29, 1.82) is 0 Å². The van der Waals surface area contributed by atoms with Crippen molar-refractivity contribution in [3.8, 4) is 0 Å². The van der Waals surface area contributed by atoms with Crippen LogP contribution in [0.15, 0.2) is 0 Å². The molecule has 0 fully saturated rings. The molecule has 0 saturated heterocycles. The molecule has 0 N–H and O–H groups in total. The van der Waals surface area contributed by atoms with Gasteiger partial charge in [-0.15, -0.1) is 23.2 Å². The predicted octanol–water partition coefficient (Wildman–Crippen LogP) is 3.57. The van der Waals surface area contributed by atoms with Crippen LogP contribution >= 0.6 is 23.2 Å². The van der Waals surface area contributed by atoms with E-state index in [0.29, 0.717) is 12.3 Å². The van der Waals surface area contributed by atoms with E-state index in [1.165, 1.54) is 7.11 Å². The van der Waals surface area contributed by atoms with E-state index in [1.807, 2.05) is 0 Å². The average Bonchev–Trinajstić information content (AvgIpc) is 2.46. The zero-order chi connectivity index (χ0) is 16.1. The Morgan fingerprint density at radius 2 is 1.76 bits per heavy atom. The first-order valence-corrected chi connectivity index (χ1v) is 8.50. The minimum atomic E-state index is -0.487. The summed E-state index contributed by atoms with van der Waals surface area (Å²) in [5, 5.41) is 0. The maximum absolute atomic E-state index is 12.2. The molecule has 0 radical (unpaired) electrons. The number of unbranched alkanes of at least 4 members (excludes halogenated alkanes) is 3. The Kier molecular flexibility index (Phi) is 13.1. The lowest BCUT2D eigenvalue weighted by molar-refractivity contribution is -0.147. The highest BCUT2D eigenvalue weighted by atomic mass is 35.5. The Morgan fingerprint density at radius 1 is 1.10 bits per heavy atom. The molecular formula is C15H26Cl2O4. The minimum Gasteiger partial charge on any atom is -0.466 e. The van der Waals surface area contributed by atoms with Crippen molar-refractivity contribution >= 4 is 35.0 Å². The maximum atomic E-state index is 12.2. The number of esters is 1. The van der Waals surface area contributed by atoms with Gasteiger partial charge in [0.2, 0.25) is 0 Å². The van der Waals surface area contributed by atoms with Crippen LogP contribution in [0.3, 0.4) is 0 Å². The fraction of sp³-hybridized carbons (Fsp3) is 0.867. The topological polar surface area (TPSA) is 52.6 Å². The number of halogens is 2. The third-order valence-electron chi connectivity index (χ3n) is 3.34. The second-order valence-electron chi connectivity index (χ2n) is 4.87. The number of ketones is 1. The molecule has 0 heterocycles. The third-order valence-corrected chi connectivity index (χ3v) is 3.91. The van der Waals surface area contributed by atoms with E-state index in [9.17, 15) is 9.59 Å². The lowest BCUT2D eigenvalue weighted by Gasteiger charge is -2.23. The number of carbonyl (C=O) groups excluding carboxylic acids is 2. The SMILES string of the molecule is CCOC(=O)CC(=O)[C@@H](CCCCCCCl)[C@@H](CCl)OC. The van der Waals surface area contributed by atoms with E-state index in [2.05, 4.69) is 0 Å². The Bertz CT molecular complexity index is 293. The van der Waals surface area contributed by atoms with Crippen molar-refractivity contribution < 1.29 is 19.1 Å². The summed E-state index contributed by atoms with van der Waals surface area (Å²) >= 11 is 11.5. The molecule has 4 nitrogen and oxygen atoms in total. The van der Waals surface area contributed by atoms with Gasteiger partial charge >= 0.3 is 5.97 Å². The Hall–Kier alpha value is -0.320. The second kappa shape index (κ2) is 13.4. The summed E-state index contributed by atoms with van der Waals surface area (Å²) in [5.41, 5.74) is 0. The molecule has 21 heavy (non-hydrogen) atoms. The number of hydrogen-bond donors (Lipinski definition) is 0. The third kappa shape index (κ3) is 9.33. The van der Waals surface area contributed by atoms with Gasteiger partial charge in [0.1, 0.15) is 12.2 Å². The fourth-order valence-corrected chi connectivity index (χ4v) is 2.72. The van der Waals surface area contributed by atoms with Gasteiger partial charge in [-0.2, -0.15) is 0 Å². The van der Waals surface area contributed by atoms with Crippen LogP contribution in [0.1, 0.15) is 45.4 Å². The molecule has 0 bridgehead atoms. The second-order valence-corrected chi connectivity index (χ2v) is 5.56. The molecular weight excluding hydrogens is 315 g/mol. The number of alkyl halides is 2. The predicted molar refractivity (Wildman–Crippen MR) is 85.1 cm³/mol. The maximum Gasteiger partial charge on any atom is 0.313 e. The number of rotatable bonds is 13. The Labute approximate surface area is 137 Å². The van der Waals surface area contributed by atoms with Gasteiger partial charge in [0.05, 0.1) is 12.7 Å². The van der Waals surface area contributed by atoms with E-state index < -0.39 is 5.97 Å². The summed E-state index contributed by atoms with van der Waals surface area (Å²) in [6, 6.07) is 0. The van der Waals surface area contributed by atoms with Gasteiger partial charge in [-0.05, 0) is 19.8 Å². The lowest BCUT2D eigenvalue weighted by atomic mass is 9.90. The normalized spacial score (nSPS) is 13.7. The van der Waals surface area contributed by atoms with Gasteiger partial charge in [0.15, 0.2) is 0 Å². The summed E-state index contributed by atoms with van der Waals surface area (Å²) in [7, 11) is 1.53. The van der Waals surface area contributed by atoms with Crippen molar-refractivity contribution in [3.05, 3.63) is 0 Å². The van der Waals surface area contributed by atoms with Crippen molar-refractivity contribution in [2.75, 3.05) is 25.5 Å². The van der Waals surface area contributed by atoms with Crippen molar-refractivity contribution in [1.82, 2.24) is 0 Å². The average molecular weight is 341 g/mol. The molecule has 0 aromatic carbocycles. The Morgan fingerprint density at radius 3 is 2.29 bits per heavy atom. The molecule has 0 aliphatic heterocycles. The van der Waals surface area contributed by atoms with Crippen LogP contribution in [0, 0.1) is 5.92 Å². The molecule has 124 valence electrons. The van der Waals surface area contributed by atoms with Crippen LogP contribution in [-0.4, -0.2) is 43.3 Å². The van der Waals surface area contributed by atoms with Gasteiger partial charge in [-0.1, -0.05) is 19.3 Å². The van der Waals surface area contributed by atoms with Gasteiger partial charge in [-0.25, -0.2) is 0 Å². The molecule has 0 aliphatic carbocycles. The van der Waals surface area contributed by atoms with Gasteiger partial charge < -0.3 is 9.47 Å². The summed E-state index contributed by atoms with van der Waals surface area (Å²) < 4.78 is 10.1. The molecule has 2 atom stereocenters. The van der Waals surface area contributed by atoms with Gasteiger partial charge in [0.25, 0.3) is 0 Å². The zero-order valence-electron chi connectivity index (χ0n) is 12.9. The molecule has 0 saturated carbocycles. The molecule has 0 aromatic rings.